The Labute approximate surface area is 108 Å². The maximum Gasteiger partial charge on any atom is 0.0590 e. The molecule has 1 fully saturated rings. The van der Waals surface area contributed by atoms with Crippen molar-refractivity contribution in [3.05, 3.63) is 0 Å². The van der Waals surface area contributed by atoms with Crippen LogP contribution < -0.4 is 5.32 Å². The van der Waals surface area contributed by atoms with E-state index in [0.29, 0.717) is 12.1 Å². The summed E-state index contributed by atoms with van der Waals surface area (Å²) in [7, 11) is 0. The Bertz CT molecular complexity index is 176. The summed E-state index contributed by atoms with van der Waals surface area (Å²) in [4.78, 5) is 0. The van der Waals surface area contributed by atoms with Crippen molar-refractivity contribution < 1.29 is 4.74 Å². The largest absolute Gasteiger partial charge is 0.378 e. The van der Waals surface area contributed by atoms with Crippen molar-refractivity contribution in [3.8, 4) is 0 Å². The third kappa shape index (κ3) is 7.05. The van der Waals surface area contributed by atoms with E-state index in [-0.39, 0.29) is 0 Å². The van der Waals surface area contributed by atoms with Crippen molar-refractivity contribution in [1.29, 1.82) is 0 Å². The molecule has 2 unspecified atom stereocenters. The molecular weight excluding hydrogens is 210 g/mol. The van der Waals surface area contributed by atoms with Crippen LogP contribution in [0.25, 0.3) is 0 Å². The minimum absolute atomic E-state index is 0.531. The zero-order valence-electron chi connectivity index (χ0n) is 12.0. The molecule has 1 saturated heterocycles. The van der Waals surface area contributed by atoms with E-state index in [1.807, 2.05) is 0 Å². The highest BCUT2D eigenvalue weighted by molar-refractivity contribution is 4.75. The van der Waals surface area contributed by atoms with Gasteiger partial charge in [-0.3, -0.25) is 0 Å². The molecule has 0 aromatic heterocycles. The van der Waals surface area contributed by atoms with E-state index in [4.69, 9.17) is 4.74 Å². The van der Waals surface area contributed by atoms with E-state index in [1.165, 1.54) is 44.9 Å². The Balaban J connectivity index is 2.20. The van der Waals surface area contributed by atoms with Gasteiger partial charge in [0.2, 0.25) is 0 Å². The summed E-state index contributed by atoms with van der Waals surface area (Å²) >= 11 is 0. The van der Waals surface area contributed by atoms with Crippen LogP contribution in [0, 0.1) is 5.92 Å². The lowest BCUT2D eigenvalue weighted by Gasteiger charge is -2.22. The molecule has 0 radical (unpaired) electrons. The van der Waals surface area contributed by atoms with Crippen LogP contribution in [0.4, 0.5) is 0 Å². The van der Waals surface area contributed by atoms with Crippen LogP contribution in [0.2, 0.25) is 0 Å². The van der Waals surface area contributed by atoms with Crippen LogP contribution in [0.15, 0.2) is 0 Å². The van der Waals surface area contributed by atoms with Crippen LogP contribution in [0.5, 0.6) is 0 Å². The quantitative estimate of drug-likeness (QED) is 0.664. The first-order valence-corrected chi connectivity index (χ1v) is 7.57. The number of hydrogen-bond donors (Lipinski definition) is 1. The molecule has 0 spiro atoms. The molecule has 1 heterocycles. The van der Waals surface area contributed by atoms with Crippen molar-refractivity contribution in [2.75, 3.05) is 13.2 Å². The van der Waals surface area contributed by atoms with E-state index < -0.39 is 0 Å². The Kier molecular flexibility index (Phi) is 7.87. The first-order valence-electron chi connectivity index (χ1n) is 7.57. The molecule has 102 valence electrons. The van der Waals surface area contributed by atoms with Gasteiger partial charge in [-0.05, 0) is 44.6 Å². The molecule has 1 N–H and O–H groups in total. The smallest absolute Gasteiger partial charge is 0.0590 e. The van der Waals surface area contributed by atoms with Crippen LogP contribution in [-0.2, 0) is 4.74 Å². The van der Waals surface area contributed by atoms with Gasteiger partial charge in [0, 0.05) is 12.6 Å². The molecule has 0 bridgehead atoms. The predicted molar refractivity (Wildman–Crippen MR) is 74.4 cm³/mol. The second-order valence-corrected chi connectivity index (χ2v) is 5.85. The van der Waals surface area contributed by atoms with E-state index in [2.05, 4.69) is 26.1 Å². The average molecular weight is 241 g/mol. The molecule has 1 aliphatic rings. The topological polar surface area (TPSA) is 21.3 Å². The van der Waals surface area contributed by atoms with Gasteiger partial charge in [-0.2, -0.15) is 0 Å². The maximum atomic E-state index is 5.75. The lowest BCUT2D eigenvalue weighted by Crippen LogP contribution is -2.33. The molecule has 17 heavy (non-hydrogen) atoms. The highest BCUT2D eigenvalue weighted by Crippen LogP contribution is 2.20. The summed E-state index contributed by atoms with van der Waals surface area (Å²) in [5, 5.41) is 3.69. The van der Waals surface area contributed by atoms with Gasteiger partial charge in [0.15, 0.2) is 0 Å². The first-order chi connectivity index (χ1) is 8.22. The van der Waals surface area contributed by atoms with Crippen LogP contribution >= 0.6 is 0 Å². The Morgan fingerprint density at radius 2 is 2.12 bits per heavy atom. The summed E-state index contributed by atoms with van der Waals surface area (Å²) < 4.78 is 5.75. The summed E-state index contributed by atoms with van der Waals surface area (Å²) in [6.45, 7) is 9.00. The van der Waals surface area contributed by atoms with Crippen molar-refractivity contribution in [3.63, 3.8) is 0 Å². The monoisotopic (exact) mass is 241 g/mol. The second-order valence-electron chi connectivity index (χ2n) is 5.85. The number of rotatable bonds is 9. The number of nitrogens with one attached hydrogen (secondary N) is 1. The van der Waals surface area contributed by atoms with Gasteiger partial charge >= 0.3 is 0 Å². The first kappa shape index (κ1) is 15.0. The fraction of sp³-hybridized carbons (Fsp3) is 1.00. The molecule has 1 aliphatic heterocycles. The molecule has 0 amide bonds. The van der Waals surface area contributed by atoms with Gasteiger partial charge in [-0.1, -0.05) is 33.6 Å². The van der Waals surface area contributed by atoms with Gasteiger partial charge in [0.25, 0.3) is 0 Å². The molecule has 0 aromatic carbocycles. The average Bonchev–Trinajstić information content (AvgIpc) is 2.78. The number of ether oxygens (including phenoxy) is 1. The third-order valence-corrected chi connectivity index (χ3v) is 3.59. The van der Waals surface area contributed by atoms with Crippen LogP contribution in [-0.4, -0.2) is 25.3 Å². The van der Waals surface area contributed by atoms with E-state index >= 15 is 0 Å². The second kappa shape index (κ2) is 8.93. The van der Waals surface area contributed by atoms with Gasteiger partial charge < -0.3 is 10.1 Å². The molecule has 0 aliphatic carbocycles. The Morgan fingerprint density at radius 1 is 1.29 bits per heavy atom. The summed E-state index contributed by atoms with van der Waals surface area (Å²) in [5.74, 6) is 0.838. The zero-order chi connectivity index (χ0) is 12.5. The van der Waals surface area contributed by atoms with Crippen molar-refractivity contribution >= 4 is 0 Å². The molecular formula is C15H31NO. The van der Waals surface area contributed by atoms with Gasteiger partial charge in [-0.15, -0.1) is 0 Å². The predicted octanol–water partition coefficient (Wildman–Crippen LogP) is 3.75. The SMILES string of the molecule is CCCNC(CCCC(C)C)CC1CCCO1. The van der Waals surface area contributed by atoms with Gasteiger partial charge in [0.1, 0.15) is 0 Å². The minimum Gasteiger partial charge on any atom is -0.378 e. The molecule has 2 atom stereocenters. The minimum atomic E-state index is 0.531. The van der Waals surface area contributed by atoms with Crippen LogP contribution in [0.1, 0.15) is 65.7 Å². The maximum absolute atomic E-state index is 5.75. The van der Waals surface area contributed by atoms with Crippen molar-refractivity contribution in [2.24, 2.45) is 5.92 Å². The summed E-state index contributed by atoms with van der Waals surface area (Å²) in [6.07, 6.45) is 9.54. The molecule has 0 saturated carbocycles. The zero-order valence-corrected chi connectivity index (χ0v) is 12.0. The standard InChI is InChI=1S/C15H31NO/c1-4-10-16-14(8-5-7-13(2)3)12-15-9-6-11-17-15/h13-16H,4-12H2,1-3H3. The highest BCUT2D eigenvalue weighted by Gasteiger charge is 2.20. The molecule has 2 nitrogen and oxygen atoms in total. The third-order valence-electron chi connectivity index (χ3n) is 3.59. The van der Waals surface area contributed by atoms with Gasteiger partial charge in [-0.25, -0.2) is 0 Å². The van der Waals surface area contributed by atoms with E-state index in [1.54, 1.807) is 0 Å². The number of hydrogen-bond acceptors (Lipinski definition) is 2. The normalized spacial score (nSPS) is 22.2. The van der Waals surface area contributed by atoms with Crippen molar-refractivity contribution in [1.82, 2.24) is 5.32 Å². The Morgan fingerprint density at radius 3 is 2.71 bits per heavy atom. The van der Waals surface area contributed by atoms with Crippen LogP contribution in [0.3, 0.4) is 0 Å². The summed E-state index contributed by atoms with van der Waals surface area (Å²) in [6, 6.07) is 0.678. The lowest BCUT2D eigenvalue weighted by atomic mass is 9.98. The molecule has 0 aromatic rings. The molecule has 1 rings (SSSR count). The molecule has 2 heteroatoms. The highest BCUT2D eigenvalue weighted by atomic mass is 16.5. The fourth-order valence-corrected chi connectivity index (χ4v) is 2.57. The van der Waals surface area contributed by atoms with Crippen molar-refractivity contribution in [2.45, 2.75) is 77.9 Å². The lowest BCUT2D eigenvalue weighted by molar-refractivity contribution is 0.0932. The van der Waals surface area contributed by atoms with E-state index in [0.717, 1.165) is 19.1 Å². The fourth-order valence-electron chi connectivity index (χ4n) is 2.57. The van der Waals surface area contributed by atoms with Gasteiger partial charge in [0.05, 0.1) is 6.10 Å². The Hall–Kier alpha value is -0.0800. The van der Waals surface area contributed by atoms with E-state index in [9.17, 15) is 0 Å². The summed E-state index contributed by atoms with van der Waals surface area (Å²) in [5.41, 5.74) is 0.